The topological polar surface area (TPSA) is 232 Å². The summed E-state index contributed by atoms with van der Waals surface area (Å²) in [5.74, 6) is -5.12. The summed E-state index contributed by atoms with van der Waals surface area (Å²) in [7, 11) is 9.01. The highest BCUT2D eigenvalue weighted by Gasteiger charge is 2.58. The Morgan fingerprint density at radius 3 is 2.18 bits per heavy atom. The van der Waals surface area contributed by atoms with Gasteiger partial charge in [-0.3, -0.25) is 14.4 Å². The Bertz CT molecular complexity index is 2460. The highest BCUT2D eigenvalue weighted by molar-refractivity contribution is 5.92. The number of aliphatic hydroxyl groups excluding tert-OH is 1. The second-order valence-electron chi connectivity index (χ2n) is 23.6. The van der Waals surface area contributed by atoms with Crippen LogP contribution in [0.1, 0.15) is 131 Å². The standard InChI is InChI=1S/C58H92N4O16/c1-17-43-58(11)49(59-55(69)78-58)34(5)45(63)32(3)29-56(9,70-15)50(77-54-47(65)42(60(12)13)27-33(4)73-54)35(6)48(36(7)53(68)75-43)76-44-30-57(10,71-16)51(37(8)74-44)72-26-20-25-61(14)24-19-21-38-22-23-41-39(28-38)46(64)40(52(66)67)31-62(41)18-2/h22-23,28,31-37,42-44,47-51,54,65H,17-21,24-27,29-30H2,1-16H3,(H,59,69)(H,66,67)/t32-,33+,34+,35+,36-,37+,42-,43-,44+,47+,48+,49-,50-,51+,54-,56-,57-,58-/m1/s1. The summed E-state index contributed by atoms with van der Waals surface area (Å²) in [5.41, 5.74) is -2.59. The van der Waals surface area contributed by atoms with Gasteiger partial charge in [-0.2, -0.15) is 0 Å². The third kappa shape index (κ3) is 13.6. The lowest BCUT2D eigenvalue weighted by Crippen LogP contribution is -2.61. The van der Waals surface area contributed by atoms with Crippen molar-refractivity contribution in [2.24, 2.45) is 23.7 Å². The number of aromatic carboxylic acids is 1. The molecule has 4 aliphatic rings. The molecule has 440 valence electrons. The summed E-state index contributed by atoms with van der Waals surface area (Å²) in [6.45, 7) is 22.8. The first-order valence-electron chi connectivity index (χ1n) is 28.2. The van der Waals surface area contributed by atoms with Crippen molar-refractivity contribution in [1.82, 2.24) is 19.7 Å². The zero-order valence-corrected chi connectivity index (χ0v) is 49.2. The number of aromatic nitrogens is 1. The van der Waals surface area contributed by atoms with Crippen molar-refractivity contribution in [3.05, 3.63) is 45.7 Å². The number of carboxylic acids is 1. The van der Waals surface area contributed by atoms with Gasteiger partial charge in [-0.25, -0.2) is 9.59 Å². The van der Waals surface area contributed by atoms with E-state index in [1.807, 2.05) is 99.6 Å². The Morgan fingerprint density at radius 1 is 0.885 bits per heavy atom. The summed E-state index contributed by atoms with van der Waals surface area (Å²) < 4.78 is 60.6. The minimum absolute atomic E-state index is 0.151. The van der Waals surface area contributed by atoms with Gasteiger partial charge < -0.3 is 72.5 Å². The van der Waals surface area contributed by atoms with Crippen LogP contribution in [0.2, 0.25) is 0 Å². The number of benzene rings is 1. The number of rotatable bonds is 19. The number of aliphatic hydroxyl groups is 1. The number of ketones is 1. The molecule has 4 aliphatic heterocycles. The number of hydrogen-bond donors (Lipinski definition) is 3. The third-order valence-electron chi connectivity index (χ3n) is 17.5. The van der Waals surface area contributed by atoms with Crippen LogP contribution >= 0.6 is 0 Å². The number of esters is 1. The number of alkyl carbamates (subject to hydrolysis) is 1. The maximum absolute atomic E-state index is 14.8. The molecule has 0 saturated carbocycles. The van der Waals surface area contributed by atoms with Gasteiger partial charge in [-0.15, -0.1) is 0 Å². The predicted molar refractivity (Wildman–Crippen MR) is 291 cm³/mol. The lowest BCUT2D eigenvalue weighted by Gasteiger charge is -2.50. The number of likely N-dealkylation sites (N-methyl/N-ethyl adjacent to an activating group) is 1. The van der Waals surface area contributed by atoms with Gasteiger partial charge in [0.1, 0.15) is 29.7 Å². The molecule has 2 aromatic rings. The normalized spacial score (nSPS) is 37.2. The number of carbonyl (C=O) groups excluding carboxylic acids is 3. The summed E-state index contributed by atoms with van der Waals surface area (Å²) in [6.07, 6.45) is -3.21. The van der Waals surface area contributed by atoms with Crippen LogP contribution < -0.4 is 10.7 Å². The molecule has 20 heteroatoms. The Balaban J connectivity index is 1.20. The first-order valence-corrected chi connectivity index (χ1v) is 28.2. The molecule has 4 fully saturated rings. The molecule has 20 nitrogen and oxygen atoms in total. The Hall–Kier alpha value is -4.09. The van der Waals surface area contributed by atoms with Crippen LogP contribution in [0.5, 0.6) is 0 Å². The molecule has 0 unspecified atom stereocenters. The van der Waals surface area contributed by atoms with Gasteiger partial charge in [0, 0.05) is 75.7 Å². The maximum Gasteiger partial charge on any atom is 0.408 e. The number of pyridine rings is 1. The number of Topliss-reactive ketones (excluding diaryl/α,β-unsaturated/α-hetero) is 1. The molecule has 1 aromatic carbocycles. The smallest absolute Gasteiger partial charge is 0.408 e. The molecule has 0 radical (unpaired) electrons. The van der Waals surface area contributed by atoms with E-state index in [9.17, 15) is 34.2 Å². The average Bonchev–Trinajstić information content (AvgIpc) is 3.79. The van der Waals surface area contributed by atoms with Crippen molar-refractivity contribution in [2.45, 2.75) is 212 Å². The number of aryl methyl sites for hydroxylation is 2. The molecule has 18 atom stereocenters. The average molecular weight is 1100 g/mol. The van der Waals surface area contributed by atoms with E-state index in [4.69, 9.17) is 42.6 Å². The lowest BCUT2D eigenvalue weighted by molar-refractivity contribution is -0.322. The number of cyclic esters (lactones) is 1. The molecule has 4 saturated heterocycles. The molecule has 6 rings (SSSR count). The monoisotopic (exact) mass is 1100 g/mol. The predicted octanol–water partition coefficient (Wildman–Crippen LogP) is 6.21. The van der Waals surface area contributed by atoms with E-state index in [1.54, 1.807) is 39.6 Å². The molecular weight excluding hydrogens is 1010 g/mol. The number of carbonyl (C=O) groups is 4. The second-order valence-corrected chi connectivity index (χ2v) is 23.6. The van der Waals surface area contributed by atoms with Crippen LogP contribution in [-0.4, -0.2) is 188 Å². The van der Waals surface area contributed by atoms with E-state index in [0.29, 0.717) is 43.3 Å². The van der Waals surface area contributed by atoms with Crippen molar-refractivity contribution < 1.29 is 72.0 Å². The van der Waals surface area contributed by atoms with Crippen LogP contribution in [0.4, 0.5) is 4.79 Å². The van der Waals surface area contributed by atoms with Crippen LogP contribution in [0.25, 0.3) is 10.9 Å². The van der Waals surface area contributed by atoms with Crippen LogP contribution in [-0.2, 0) is 65.2 Å². The van der Waals surface area contributed by atoms with E-state index in [-0.39, 0.29) is 42.8 Å². The maximum atomic E-state index is 14.8. The van der Waals surface area contributed by atoms with Crippen molar-refractivity contribution in [3.8, 4) is 0 Å². The third-order valence-corrected chi connectivity index (χ3v) is 17.5. The van der Waals surface area contributed by atoms with Gasteiger partial charge in [0.2, 0.25) is 5.43 Å². The Labute approximate surface area is 461 Å². The van der Waals surface area contributed by atoms with E-state index in [1.165, 1.54) is 6.20 Å². The van der Waals surface area contributed by atoms with E-state index < -0.39 is 119 Å². The molecule has 78 heavy (non-hydrogen) atoms. The summed E-state index contributed by atoms with van der Waals surface area (Å²) in [5, 5.41) is 24.8. The Morgan fingerprint density at radius 2 is 1.55 bits per heavy atom. The van der Waals surface area contributed by atoms with Crippen molar-refractivity contribution in [2.75, 3.05) is 55.1 Å². The van der Waals surface area contributed by atoms with E-state index >= 15 is 0 Å². The number of hydrogen-bond acceptors (Lipinski definition) is 17. The van der Waals surface area contributed by atoms with Crippen LogP contribution in [0.15, 0.2) is 29.2 Å². The quantitative estimate of drug-likeness (QED) is 0.105. The second kappa shape index (κ2) is 26.2. The number of carboxylic acid groups (broad SMARTS) is 1. The largest absolute Gasteiger partial charge is 0.477 e. The minimum atomic E-state index is -1.39. The molecule has 3 N–H and O–H groups in total. The first kappa shape index (κ1) is 63.1. The zero-order chi connectivity index (χ0) is 57.8. The molecule has 0 bridgehead atoms. The summed E-state index contributed by atoms with van der Waals surface area (Å²) in [4.78, 5) is 71.5. The zero-order valence-electron chi connectivity index (χ0n) is 49.2. The molecule has 1 amide bonds. The molecule has 0 spiro atoms. The van der Waals surface area contributed by atoms with Gasteiger partial charge in [0.25, 0.3) is 0 Å². The summed E-state index contributed by atoms with van der Waals surface area (Å²) in [6, 6.07) is 4.57. The van der Waals surface area contributed by atoms with Crippen LogP contribution in [0.3, 0.4) is 0 Å². The van der Waals surface area contributed by atoms with Crippen molar-refractivity contribution in [3.63, 3.8) is 0 Å². The molecule has 5 heterocycles. The summed E-state index contributed by atoms with van der Waals surface area (Å²) >= 11 is 0. The lowest BCUT2D eigenvalue weighted by atomic mass is 9.73. The fraction of sp³-hybridized carbons (Fsp3) is 0.776. The number of nitrogens with one attached hydrogen (secondary N) is 1. The number of methoxy groups -OCH3 is 2. The molecular formula is C58H92N4O16. The number of amides is 1. The van der Waals surface area contributed by atoms with Crippen LogP contribution in [0, 0.1) is 23.7 Å². The van der Waals surface area contributed by atoms with Gasteiger partial charge in [-0.05, 0) is 132 Å². The van der Waals surface area contributed by atoms with Gasteiger partial charge in [-0.1, -0.05) is 33.8 Å². The fourth-order valence-corrected chi connectivity index (χ4v) is 12.9. The number of fused-ring (bicyclic) bond motifs is 2. The van der Waals surface area contributed by atoms with Crippen molar-refractivity contribution >= 4 is 34.7 Å². The van der Waals surface area contributed by atoms with Gasteiger partial charge in [0.05, 0.1) is 53.1 Å². The first-order chi connectivity index (χ1) is 36.7. The van der Waals surface area contributed by atoms with Crippen molar-refractivity contribution in [1.29, 1.82) is 0 Å². The molecule has 0 aliphatic carbocycles. The van der Waals surface area contributed by atoms with Gasteiger partial charge >= 0.3 is 18.0 Å². The number of ether oxygens (including phenoxy) is 9. The fourth-order valence-electron chi connectivity index (χ4n) is 12.9. The van der Waals surface area contributed by atoms with Gasteiger partial charge in [0.15, 0.2) is 18.2 Å². The highest BCUT2D eigenvalue weighted by atomic mass is 16.7. The van der Waals surface area contributed by atoms with E-state index in [2.05, 4.69) is 10.2 Å². The highest BCUT2D eigenvalue weighted by Crippen LogP contribution is 2.43. The number of nitrogens with zero attached hydrogens (tertiary/aromatic N) is 3. The minimum Gasteiger partial charge on any atom is -0.477 e. The van der Waals surface area contributed by atoms with E-state index in [0.717, 1.165) is 25.1 Å². The molecule has 1 aromatic heterocycles. The Kier molecular flexibility index (Phi) is 21.2. The SMILES string of the molecule is CC[C@H]1OC(=O)[C@H](C)[C@@H](O[C@H]2C[C@@](C)(OC)[C@@H](OCCCN(C)CCCc3ccc4c(c3)c(=O)c(C(=O)O)cn4CC)[C@H](C)O2)[C@H](C)[C@@H](O[C@H]2O[C@@H](C)C[C@@H](N(C)C)[C@@H]2O)[C@](C)(OC)C[C@@H](C)C(=O)[C@H](C)[C@H]2NC(=O)O[C@@]21C.